The van der Waals surface area contributed by atoms with E-state index in [1.54, 1.807) is 12.1 Å². The van der Waals surface area contributed by atoms with Crippen LogP contribution in [0.25, 0.3) is 0 Å². The highest BCUT2D eigenvalue weighted by molar-refractivity contribution is 5.47. The molecule has 7 heteroatoms. The van der Waals surface area contributed by atoms with Crippen LogP contribution in [0.2, 0.25) is 0 Å². The molecule has 108 valence electrons. The third kappa shape index (κ3) is 3.67. The molecule has 0 saturated heterocycles. The molecule has 1 aromatic carbocycles. The topological polar surface area (TPSA) is 54.6 Å². The molecule has 20 heavy (non-hydrogen) atoms. The Labute approximate surface area is 112 Å². The first-order chi connectivity index (χ1) is 9.58. The summed E-state index contributed by atoms with van der Waals surface area (Å²) in [5.74, 6) is -0.409. The van der Waals surface area contributed by atoms with Gasteiger partial charge in [-0.25, -0.2) is 4.39 Å². The maximum atomic E-state index is 13.4. The van der Waals surface area contributed by atoms with Crippen molar-refractivity contribution in [1.82, 2.24) is 0 Å². The zero-order valence-electron chi connectivity index (χ0n) is 10.3. The molecule has 0 radical (unpaired) electrons. The molecule has 0 bridgehead atoms. The Kier molecular flexibility index (Phi) is 4.52. The Morgan fingerprint density at radius 3 is 2.55 bits per heavy atom. The SMILES string of the molecule is OCc1ccc(CNc2ccc(OC(F)F)c(F)c2)o1. The van der Waals surface area contributed by atoms with E-state index >= 15 is 0 Å². The number of aliphatic hydroxyl groups is 1. The van der Waals surface area contributed by atoms with Crippen LogP contribution in [0.15, 0.2) is 34.7 Å². The number of aliphatic hydroxyl groups excluding tert-OH is 1. The fourth-order valence-electron chi connectivity index (χ4n) is 1.59. The third-order valence-corrected chi connectivity index (χ3v) is 2.49. The number of furan rings is 1. The summed E-state index contributed by atoms with van der Waals surface area (Å²) in [5.41, 5.74) is 0.395. The molecule has 0 atom stereocenters. The average molecular weight is 287 g/mol. The number of hydrogen-bond acceptors (Lipinski definition) is 4. The first kappa shape index (κ1) is 14.3. The van der Waals surface area contributed by atoms with E-state index in [-0.39, 0.29) is 13.2 Å². The summed E-state index contributed by atoms with van der Waals surface area (Å²) < 4.78 is 46.6. The van der Waals surface area contributed by atoms with Gasteiger partial charge in [0.2, 0.25) is 0 Å². The molecular weight excluding hydrogens is 275 g/mol. The molecule has 0 fully saturated rings. The zero-order chi connectivity index (χ0) is 14.5. The Bertz CT molecular complexity index is 572. The van der Waals surface area contributed by atoms with E-state index < -0.39 is 18.2 Å². The van der Waals surface area contributed by atoms with Crippen LogP contribution in [0.5, 0.6) is 5.75 Å². The zero-order valence-corrected chi connectivity index (χ0v) is 10.3. The maximum Gasteiger partial charge on any atom is 0.387 e. The van der Waals surface area contributed by atoms with Crippen LogP contribution in [-0.4, -0.2) is 11.7 Å². The lowest BCUT2D eigenvalue weighted by Gasteiger charge is -2.08. The lowest BCUT2D eigenvalue weighted by atomic mass is 10.3. The lowest BCUT2D eigenvalue weighted by molar-refractivity contribution is -0.0521. The molecule has 2 N–H and O–H groups in total. The average Bonchev–Trinajstić information content (AvgIpc) is 2.87. The normalized spacial score (nSPS) is 10.8. The Hall–Kier alpha value is -2.15. The Balaban J connectivity index is 1.97. The number of anilines is 1. The number of hydrogen-bond donors (Lipinski definition) is 2. The predicted molar refractivity (Wildman–Crippen MR) is 65.0 cm³/mol. The van der Waals surface area contributed by atoms with E-state index in [2.05, 4.69) is 10.1 Å². The van der Waals surface area contributed by atoms with Crippen molar-refractivity contribution in [2.24, 2.45) is 0 Å². The Morgan fingerprint density at radius 2 is 1.95 bits per heavy atom. The Morgan fingerprint density at radius 1 is 1.20 bits per heavy atom. The van der Waals surface area contributed by atoms with E-state index in [9.17, 15) is 13.2 Å². The van der Waals surface area contributed by atoms with Crippen LogP contribution in [0, 0.1) is 5.82 Å². The number of halogens is 3. The molecule has 0 amide bonds. The molecular formula is C13H12F3NO3. The maximum absolute atomic E-state index is 13.4. The minimum Gasteiger partial charge on any atom is -0.462 e. The highest BCUT2D eigenvalue weighted by Gasteiger charge is 2.10. The van der Waals surface area contributed by atoms with Gasteiger partial charge < -0.3 is 19.6 Å². The van der Waals surface area contributed by atoms with Crippen molar-refractivity contribution in [3.63, 3.8) is 0 Å². The molecule has 4 nitrogen and oxygen atoms in total. The highest BCUT2D eigenvalue weighted by Crippen LogP contribution is 2.23. The molecule has 0 aliphatic heterocycles. The number of ether oxygens (including phenoxy) is 1. The van der Waals surface area contributed by atoms with Gasteiger partial charge in [0, 0.05) is 11.8 Å². The van der Waals surface area contributed by atoms with Crippen LogP contribution >= 0.6 is 0 Å². The fraction of sp³-hybridized carbons (Fsp3) is 0.231. The summed E-state index contributed by atoms with van der Waals surface area (Å²) in [5, 5.41) is 11.7. The van der Waals surface area contributed by atoms with E-state index in [0.29, 0.717) is 17.2 Å². The van der Waals surface area contributed by atoms with Crippen LogP contribution in [0.1, 0.15) is 11.5 Å². The van der Waals surface area contributed by atoms with Crippen LogP contribution in [-0.2, 0) is 13.2 Å². The van der Waals surface area contributed by atoms with Gasteiger partial charge in [-0.3, -0.25) is 0 Å². The molecule has 0 saturated carbocycles. The van der Waals surface area contributed by atoms with Gasteiger partial charge in [-0.1, -0.05) is 0 Å². The molecule has 1 aromatic heterocycles. The second-order valence-electron chi connectivity index (χ2n) is 3.90. The number of rotatable bonds is 6. The minimum atomic E-state index is -3.07. The van der Waals surface area contributed by atoms with E-state index in [1.165, 1.54) is 6.07 Å². The summed E-state index contributed by atoms with van der Waals surface area (Å²) in [4.78, 5) is 0. The van der Waals surface area contributed by atoms with Crippen LogP contribution in [0.3, 0.4) is 0 Å². The third-order valence-electron chi connectivity index (χ3n) is 2.49. The largest absolute Gasteiger partial charge is 0.462 e. The summed E-state index contributed by atoms with van der Waals surface area (Å²) >= 11 is 0. The van der Waals surface area contributed by atoms with Crippen molar-refractivity contribution in [3.8, 4) is 5.75 Å². The standard InChI is InChI=1S/C13H12F3NO3/c14-11-5-8(1-4-12(11)20-13(15)16)17-6-9-2-3-10(7-18)19-9/h1-5,13,17-18H,6-7H2. The van der Waals surface area contributed by atoms with Gasteiger partial charge in [-0.05, 0) is 24.3 Å². The minimum absolute atomic E-state index is 0.200. The predicted octanol–water partition coefficient (Wildman–Crippen LogP) is 3.12. The number of benzene rings is 1. The van der Waals surface area contributed by atoms with Gasteiger partial charge in [0.25, 0.3) is 0 Å². The van der Waals surface area contributed by atoms with Crippen LogP contribution in [0.4, 0.5) is 18.9 Å². The van der Waals surface area contributed by atoms with Crippen molar-refractivity contribution >= 4 is 5.69 Å². The van der Waals surface area contributed by atoms with Gasteiger partial charge in [0.05, 0.1) is 6.54 Å². The van der Waals surface area contributed by atoms with E-state index in [4.69, 9.17) is 9.52 Å². The first-order valence-corrected chi connectivity index (χ1v) is 5.75. The molecule has 0 unspecified atom stereocenters. The van der Waals surface area contributed by atoms with Gasteiger partial charge in [-0.15, -0.1) is 0 Å². The quantitative estimate of drug-likeness (QED) is 0.857. The summed E-state index contributed by atoms with van der Waals surface area (Å²) in [6.07, 6.45) is 0. The monoisotopic (exact) mass is 287 g/mol. The van der Waals surface area contributed by atoms with Gasteiger partial charge >= 0.3 is 6.61 Å². The molecule has 2 aromatic rings. The lowest BCUT2D eigenvalue weighted by Crippen LogP contribution is -2.04. The molecule has 2 rings (SSSR count). The van der Waals surface area contributed by atoms with E-state index in [1.807, 2.05) is 0 Å². The summed E-state index contributed by atoms with van der Waals surface area (Å²) in [6, 6.07) is 6.87. The van der Waals surface area contributed by atoms with Gasteiger partial charge in [0.1, 0.15) is 18.1 Å². The van der Waals surface area contributed by atoms with Crippen molar-refractivity contribution in [3.05, 3.63) is 47.7 Å². The number of nitrogens with one attached hydrogen (secondary N) is 1. The van der Waals surface area contributed by atoms with E-state index in [0.717, 1.165) is 12.1 Å². The number of alkyl halides is 2. The second-order valence-corrected chi connectivity index (χ2v) is 3.90. The van der Waals surface area contributed by atoms with Gasteiger partial charge in [-0.2, -0.15) is 8.78 Å². The highest BCUT2D eigenvalue weighted by atomic mass is 19.3. The smallest absolute Gasteiger partial charge is 0.387 e. The summed E-state index contributed by atoms with van der Waals surface area (Å²) in [7, 11) is 0. The summed E-state index contributed by atoms with van der Waals surface area (Å²) in [6.45, 7) is -2.99. The molecule has 0 aliphatic carbocycles. The first-order valence-electron chi connectivity index (χ1n) is 5.75. The fourth-order valence-corrected chi connectivity index (χ4v) is 1.59. The van der Waals surface area contributed by atoms with Gasteiger partial charge in [0.15, 0.2) is 11.6 Å². The molecule has 1 heterocycles. The van der Waals surface area contributed by atoms with Crippen molar-refractivity contribution in [1.29, 1.82) is 0 Å². The van der Waals surface area contributed by atoms with Crippen molar-refractivity contribution in [2.75, 3.05) is 5.32 Å². The van der Waals surface area contributed by atoms with Crippen LogP contribution < -0.4 is 10.1 Å². The van der Waals surface area contributed by atoms with Crippen molar-refractivity contribution < 1.29 is 27.4 Å². The second kappa shape index (κ2) is 6.33. The van der Waals surface area contributed by atoms with Crippen molar-refractivity contribution in [2.45, 2.75) is 19.8 Å². The molecule has 0 aliphatic rings. The molecule has 0 spiro atoms.